The molecule has 0 aromatic carbocycles. The highest BCUT2D eigenvalue weighted by molar-refractivity contribution is 7.12. The number of nitrogens with two attached hydrogens (primary N) is 1. The van der Waals surface area contributed by atoms with E-state index in [1.54, 1.807) is 13.1 Å². The van der Waals surface area contributed by atoms with E-state index in [2.05, 4.69) is 5.32 Å². The van der Waals surface area contributed by atoms with Gasteiger partial charge in [0.15, 0.2) is 0 Å². The van der Waals surface area contributed by atoms with Crippen LogP contribution in [0.1, 0.15) is 22.5 Å². The molecule has 1 heterocycles. The van der Waals surface area contributed by atoms with E-state index in [1.165, 1.54) is 16.2 Å². The Morgan fingerprint density at radius 1 is 1.42 bits per heavy atom. The van der Waals surface area contributed by atoms with Gasteiger partial charge in [-0.25, -0.2) is 0 Å². The summed E-state index contributed by atoms with van der Waals surface area (Å²) < 4.78 is 0. The second-order valence-electron chi connectivity index (χ2n) is 3.98. The number of likely N-dealkylation sites (N-methyl/N-ethyl adjacent to an activating group) is 1. The van der Waals surface area contributed by atoms with Crippen LogP contribution in [-0.2, 0) is 4.79 Å². The van der Waals surface area contributed by atoms with Crippen LogP contribution >= 0.6 is 23.7 Å². The molecule has 0 spiro atoms. The predicted molar refractivity (Wildman–Crippen MR) is 79.8 cm³/mol. The number of nitrogens with one attached hydrogen (secondary N) is 1. The third-order valence-corrected chi connectivity index (χ3v) is 3.27. The molecule has 0 aliphatic heterocycles. The van der Waals surface area contributed by atoms with Crippen LogP contribution in [-0.4, -0.2) is 43.4 Å². The summed E-state index contributed by atoms with van der Waals surface area (Å²) >= 11 is 1.37. The first kappa shape index (κ1) is 17.9. The minimum Gasteiger partial charge on any atom is -0.355 e. The van der Waals surface area contributed by atoms with Crippen LogP contribution in [0, 0.1) is 0 Å². The van der Waals surface area contributed by atoms with Crippen molar-refractivity contribution in [3.05, 3.63) is 22.4 Å². The van der Waals surface area contributed by atoms with Crippen molar-refractivity contribution in [2.75, 3.05) is 26.7 Å². The molecule has 7 heteroatoms. The van der Waals surface area contributed by atoms with Gasteiger partial charge in [-0.15, -0.1) is 23.7 Å². The Labute approximate surface area is 123 Å². The number of carbonyl (C=O) groups is 2. The number of carbonyl (C=O) groups excluding carboxylic acids is 2. The molecule has 0 radical (unpaired) electrons. The van der Waals surface area contributed by atoms with Crippen molar-refractivity contribution in [1.29, 1.82) is 0 Å². The van der Waals surface area contributed by atoms with Crippen LogP contribution in [0.2, 0.25) is 0 Å². The quantitative estimate of drug-likeness (QED) is 0.741. The molecular formula is C12H20ClN3O2S. The van der Waals surface area contributed by atoms with Gasteiger partial charge in [0.25, 0.3) is 5.91 Å². The Balaban J connectivity index is 0.00000324. The van der Waals surface area contributed by atoms with Gasteiger partial charge in [0, 0.05) is 13.6 Å². The average Bonchev–Trinajstić information content (AvgIpc) is 2.87. The molecular weight excluding hydrogens is 286 g/mol. The van der Waals surface area contributed by atoms with Crippen molar-refractivity contribution in [1.82, 2.24) is 10.2 Å². The highest BCUT2D eigenvalue weighted by Crippen LogP contribution is 2.10. The lowest BCUT2D eigenvalue weighted by molar-refractivity contribution is -0.121. The zero-order valence-electron chi connectivity index (χ0n) is 10.9. The van der Waals surface area contributed by atoms with Crippen LogP contribution in [0.25, 0.3) is 0 Å². The molecule has 0 aliphatic rings. The summed E-state index contributed by atoms with van der Waals surface area (Å²) in [5, 5.41) is 4.60. The Bertz CT molecular complexity index is 384. The highest BCUT2D eigenvalue weighted by atomic mass is 35.5. The third-order valence-electron chi connectivity index (χ3n) is 2.41. The van der Waals surface area contributed by atoms with Crippen molar-refractivity contribution in [3.8, 4) is 0 Å². The van der Waals surface area contributed by atoms with Gasteiger partial charge >= 0.3 is 0 Å². The zero-order chi connectivity index (χ0) is 13.4. The Hall–Kier alpha value is -1.11. The average molecular weight is 306 g/mol. The molecule has 0 atom stereocenters. The number of hydrogen-bond donors (Lipinski definition) is 2. The Morgan fingerprint density at radius 2 is 2.16 bits per heavy atom. The summed E-state index contributed by atoms with van der Waals surface area (Å²) in [6.45, 7) is 1.32. The second kappa shape index (κ2) is 9.77. The van der Waals surface area contributed by atoms with E-state index in [0.29, 0.717) is 18.0 Å². The molecule has 0 saturated heterocycles. The molecule has 5 nitrogen and oxygen atoms in total. The smallest absolute Gasteiger partial charge is 0.264 e. The summed E-state index contributed by atoms with van der Waals surface area (Å²) in [7, 11) is 1.63. The van der Waals surface area contributed by atoms with Crippen molar-refractivity contribution in [2.24, 2.45) is 5.73 Å². The molecule has 0 unspecified atom stereocenters. The molecule has 0 bridgehead atoms. The molecule has 0 aliphatic carbocycles. The van der Waals surface area contributed by atoms with Crippen LogP contribution in [0.3, 0.4) is 0 Å². The van der Waals surface area contributed by atoms with Crippen molar-refractivity contribution < 1.29 is 9.59 Å². The number of halogens is 1. The maximum absolute atomic E-state index is 11.9. The van der Waals surface area contributed by atoms with E-state index >= 15 is 0 Å². The minimum absolute atomic E-state index is 0. The largest absolute Gasteiger partial charge is 0.355 e. The minimum atomic E-state index is -0.139. The van der Waals surface area contributed by atoms with Crippen molar-refractivity contribution in [2.45, 2.75) is 12.8 Å². The summed E-state index contributed by atoms with van der Waals surface area (Å²) in [4.78, 5) is 25.5. The molecule has 3 N–H and O–H groups in total. The number of amides is 2. The van der Waals surface area contributed by atoms with Crippen LogP contribution < -0.4 is 11.1 Å². The first-order chi connectivity index (χ1) is 8.65. The number of hydrogen-bond acceptors (Lipinski definition) is 4. The van der Waals surface area contributed by atoms with Crippen LogP contribution in [0.4, 0.5) is 0 Å². The van der Waals surface area contributed by atoms with Gasteiger partial charge in [-0.05, 0) is 30.8 Å². The van der Waals surface area contributed by atoms with E-state index < -0.39 is 0 Å². The first-order valence-electron chi connectivity index (χ1n) is 5.91. The summed E-state index contributed by atoms with van der Waals surface area (Å²) in [5.41, 5.74) is 5.36. The number of thiophene rings is 1. The molecule has 0 saturated carbocycles. The van der Waals surface area contributed by atoms with Crippen LogP contribution in [0.15, 0.2) is 17.5 Å². The van der Waals surface area contributed by atoms with E-state index in [0.717, 1.165) is 12.8 Å². The predicted octanol–water partition coefficient (Wildman–Crippen LogP) is 1.10. The molecule has 1 aromatic rings. The van der Waals surface area contributed by atoms with Gasteiger partial charge in [-0.2, -0.15) is 0 Å². The van der Waals surface area contributed by atoms with Gasteiger partial charge < -0.3 is 16.0 Å². The maximum Gasteiger partial charge on any atom is 0.264 e. The first-order valence-corrected chi connectivity index (χ1v) is 6.79. The lowest BCUT2D eigenvalue weighted by Crippen LogP contribution is -2.38. The monoisotopic (exact) mass is 305 g/mol. The van der Waals surface area contributed by atoms with Crippen molar-refractivity contribution >= 4 is 35.6 Å². The van der Waals surface area contributed by atoms with E-state index in [9.17, 15) is 9.59 Å². The molecule has 19 heavy (non-hydrogen) atoms. The maximum atomic E-state index is 11.9. The second-order valence-corrected chi connectivity index (χ2v) is 4.93. The molecule has 0 fully saturated rings. The number of nitrogens with zero attached hydrogens (tertiary/aromatic N) is 1. The van der Waals surface area contributed by atoms with E-state index in [4.69, 9.17) is 5.73 Å². The standard InChI is InChI=1S/C12H19N3O2S.ClH/c1-15(12(17)10-5-4-8-18-10)9-11(16)14-7-3-2-6-13;/h4-5,8H,2-3,6-7,9,13H2,1H3,(H,14,16);1H. The van der Waals surface area contributed by atoms with Gasteiger partial charge in [-0.3, -0.25) is 9.59 Å². The van der Waals surface area contributed by atoms with Gasteiger partial charge in [0.2, 0.25) is 5.91 Å². The Kier molecular flexibility index (Phi) is 9.20. The third kappa shape index (κ3) is 6.56. The van der Waals surface area contributed by atoms with Gasteiger partial charge in [-0.1, -0.05) is 6.07 Å². The van der Waals surface area contributed by atoms with Gasteiger partial charge in [0.05, 0.1) is 11.4 Å². The lowest BCUT2D eigenvalue weighted by Gasteiger charge is -2.15. The fourth-order valence-electron chi connectivity index (χ4n) is 1.43. The zero-order valence-corrected chi connectivity index (χ0v) is 12.6. The van der Waals surface area contributed by atoms with E-state index in [-0.39, 0.29) is 30.8 Å². The lowest BCUT2D eigenvalue weighted by atomic mass is 10.3. The number of rotatable bonds is 7. The highest BCUT2D eigenvalue weighted by Gasteiger charge is 2.15. The number of unbranched alkanes of at least 4 members (excludes halogenated alkanes) is 1. The molecule has 108 valence electrons. The molecule has 1 rings (SSSR count). The van der Waals surface area contributed by atoms with E-state index in [1.807, 2.05) is 11.4 Å². The van der Waals surface area contributed by atoms with Crippen molar-refractivity contribution in [3.63, 3.8) is 0 Å². The van der Waals surface area contributed by atoms with Gasteiger partial charge in [0.1, 0.15) is 0 Å². The molecule has 1 aromatic heterocycles. The topological polar surface area (TPSA) is 75.4 Å². The summed E-state index contributed by atoms with van der Waals surface area (Å²) in [5.74, 6) is -0.262. The summed E-state index contributed by atoms with van der Waals surface area (Å²) in [6.07, 6.45) is 1.76. The fourth-order valence-corrected chi connectivity index (χ4v) is 2.15. The van der Waals surface area contributed by atoms with Crippen LogP contribution in [0.5, 0.6) is 0 Å². The normalized spacial score (nSPS) is 9.58. The SMILES string of the molecule is CN(CC(=O)NCCCCN)C(=O)c1cccs1.Cl. The Morgan fingerprint density at radius 3 is 2.74 bits per heavy atom. The summed E-state index contributed by atoms with van der Waals surface area (Å²) in [6, 6.07) is 3.57. The molecule has 2 amide bonds. The fraction of sp³-hybridized carbons (Fsp3) is 0.500.